The maximum absolute atomic E-state index is 11.6. The van der Waals surface area contributed by atoms with Gasteiger partial charge in [0.15, 0.2) is 0 Å². The van der Waals surface area contributed by atoms with E-state index in [1.807, 2.05) is 0 Å². The molecule has 0 aromatic heterocycles. The van der Waals surface area contributed by atoms with Crippen molar-refractivity contribution in [2.75, 3.05) is 19.7 Å². The van der Waals surface area contributed by atoms with Gasteiger partial charge in [-0.1, -0.05) is 5.16 Å². The van der Waals surface area contributed by atoms with Crippen molar-refractivity contribution >= 4 is 29.9 Å². The molecule has 2 atom stereocenters. The first kappa shape index (κ1) is 13.8. The number of oxime groups is 1. The number of carbonyl (C=O) groups excluding carboxylic acids is 1. The highest BCUT2D eigenvalue weighted by atomic mass is 32.2. The number of rotatable bonds is 5. The highest BCUT2D eigenvalue weighted by Crippen LogP contribution is 2.38. The van der Waals surface area contributed by atoms with Crippen molar-refractivity contribution in [1.82, 2.24) is 4.90 Å². The Morgan fingerprint density at radius 1 is 1.74 bits per heavy atom. The summed E-state index contributed by atoms with van der Waals surface area (Å²) in [6.07, 6.45) is 1.28. The van der Waals surface area contributed by atoms with Gasteiger partial charge in [-0.2, -0.15) is 0 Å². The van der Waals surface area contributed by atoms with Crippen LogP contribution >= 0.6 is 11.8 Å². The number of carboxylic acid groups (broad SMARTS) is 1. The van der Waals surface area contributed by atoms with Gasteiger partial charge in [-0.05, 0) is 0 Å². The molecule has 9 heteroatoms. The van der Waals surface area contributed by atoms with Crippen LogP contribution in [0.25, 0.3) is 0 Å². The number of amides is 1. The summed E-state index contributed by atoms with van der Waals surface area (Å²) in [7, 11) is 1.44. The molecule has 0 bridgehead atoms. The Balaban J connectivity index is 2.20. The zero-order valence-electron chi connectivity index (χ0n) is 10.1. The molecule has 3 N–H and O–H groups in total. The lowest BCUT2D eigenvalue weighted by Crippen LogP contribution is -2.68. The Labute approximate surface area is 113 Å². The fraction of sp³-hybridized carbons (Fsp3) is 0.500. The number of nitrogens with two attached hydrogens (primary N) is 1. The van der Waals surface area contributed by atoms with Crippen LogP contribution < -0.4 is 5.73 Å². The second-order valence-electron chi connectivity index (χ2n) is 3.88. The molecule has 2 aliphatic heterocycles. The smallest absolute Gasteiger partial charge is 0.353 e. The molecular weight excluding hydrogens is 274 g/mol. The lowest BCUT2D eigenvalue weighted by molar-refractivity contribution is -0.147. The first-order valence-electron chi connectivity index (χ1n) is 5.39. The van der Waals surface area contributed by atoms with Gasteiger partial charge in [-0.3, -0.25) is 9.69 Å². The molecule has 0 spiro atoms. The number of hydrogen-bond acceptors (Lipinski definition) is 7. The average molecular weight is 287 g/mol. The number of β-lactam (4-membered cyclic amide) rings is 1. The molecule has 8 nitrogen and oxygen atoms in total. The van der Waals surface area contributed by atoms with E-state index in [0.717, 1.165) is 0 Å². The molecule has 0 unspecified atom stereocenters. The van der Waals surface area contributed by atoms with E-state index in [2.05, 4.69) is 9.89 Å². The van der Waals surface area contributed by atoms with Gasteiger partial charge < -0.3 is 20.4 Å². The fourth-order valence-electron chi connectivity index (χ4n) is 1.82. The molecule has 2 heterocycles. The number of thioether (sulfide) groups is 1. The second-order valence-corrected chi connectivity index (χ2v) is 4.99. The maximum Gasteiger partial charge on any atom is 0.353 e. The predicted octanol–water partition coefficient (Wildman–Crippen LogP) is -0.826. The Morgan fingerprint density at radius 2 is 2.47 bits per heavy atom. The molecule has 19 heavy (non-hydrogen) atoms. The molecule has 0 radical (unpaired) electrons. The number of fused-ring (bicyclic) bond motifs is 1. The van der Waals surface area contributed by atoms with Crippen molar-refractivity contribution in [3.05, 3.63) is 11.3 Å². The van der Waals surface area contributed by atoms with Crippen LogP contribution in [0.3, 0.4) is 0 Å². The molecule has 104 valence electrons. The van der Waals surface area contributed by atoms with Crippen molar-refractivity contribution in [1.29, 1.82) is 0 Å². The monoisotopic (exact) mass is 287 g/mol. The summed E-state index contributed by atoms with van der Waals surface area (Å²) in [5, 5.41) is 12.5. The first-order chi connectivity index (χ1) is 9.07. The fourth-order valence-corrected chi connectivity index (χ4v) is 3.07. The van der Waals surface area contributed by atoms with Gasteiger partial charge in [0.2, 0.25) is 12.7 Å². The van der Waals surface area contributed by atoms with Crippen molar-refractivity contribution in [3.8, 4) is 0 Å². The second kappa shape index (κ2) is 5.59. The number of carboxylic acids is 1. The predicted molar refractivity (Wildman–Crippen MR) is 67.2 cm³/mol. The summed E-state index contributed by atoms with van der Waals surface area (Å²) < 4.78 is 4.63. The highest BCUT2D eigenvalue weighted by Gasteiger charge is 2.51. The van der Waals surface area contributed by atoms with E-state index in [4.69, 9.17) is 10.6 Å². The topological polar surface area (TPSA) is 114 Å². The van der Waals surface area contributed by atoms with Crippen molar-refractivity contribution < 1.29 is 24.3 Å². The maximum atomic E-state index is 11.6. The van der Waals surface area contributed by atoms with Gasteiger partial charge in [0.25, 0.3) is 0 Å². The Kier molecular flexibility index (Phi) is 4.08. The summed E-state index contributed by atoms with van der Waals surface area (Å²) >= 11 is 1.40. The summed E-state index contributed by atoms with van der Waals surface area (Å²) in [4.78, 5) is 28.8. The summed E-state index contributed by atoms with van der Waals surface area (Å²) in [5.41, 5.74) is 5.95. The minimum absolute atomic E-state index is 0.0323. The lowest BCUT2D eigenvalue weighted by Gasteiger charge is -2.47. The normalized spacial score (nSPS) is 26.4. The number of ether oxygens (including phenoxy) is 1. The van der Waals surface area contributed by atoms with Gasteiger partial charge in [0.1, 0.15) is 17.1 Å². The van der Waals surface area contributed by atoms with E-state index < -0.39 is 17.9 Å². The number of methoxy groups -OCH3 is 1. The van der Waals surface area contributed by atoms with E-state index >= 15 is 0 Å². The number of carbonyl (C=O) groups is 2. The molecular formula is C10H13N3O5S. The third-order valence-corrected chi connectivity index (χ3v) is 4.02. The Bertz CT molecular complexity index is 464. The van der Waals surface area contributed by atoms with E-state index in [-0.39, 0.29) is 17.9 Å². The zero-order valence-corrected chi connectivity index (χ0v) is 10.9. The van der Waals surface area contributed by atoms with E-state index in [9.17, 15) is 14.7 Å². The van der Waals surface area contributed by atoms with Gasteiger partial charge in [0, 0.05) is 18.4 Å². The molecule has 1 saturated heterocycles. The van der Waals surface area contributed by atoms with Crippen LogP contribution in [0.1, 0.15) is 0 Å². The van der Waals surface area contributed by atoms with Crippen molar-refractivity contribution in [2.24, 2.45) is 10.9 Å². The molecule has 1 fully saturated rings. The minimum Gasteiger partial charge on any atom is -0.477 e. The molecule has 1 amide bonds. The van der Waals surface area contributed by atoms with Crippen LogP contribution in [0.15, 0.2) is 16.4 Å². The first-order valence-corrected chi connectivity index (χ1v) is 6.43. The van der Waals surface area contributed by atoms with Crippen LogP contribution in [0.4, 0.5) is 0 Å². The molecule has 0 saturated carbocycles. The van der Waals surface area contributed by atoms with Gasteiger partial charge in [0.05, 0.1) is 6.21 Å². The molecule has 0 aliphatic carbocycles. The summed E-state index contributed by atoms with van der Waals surface area (Å²) in [6, 6.07) is -0.636. The Morgan fingerprint density at radius 3 is 3.11 bits per heavy atom. The molecule has 0 aromatic carbocycles. The van der Waals surface area contributed by atoms with E-state index in [1.165, 1.54) is 30.0 Å². The molecule has 2 aliphatic rings. The van der Waals surface area contributed by atoms with Crippen LogP contribution in [0.2, 0.25) is 0 Å². The zero-order chi connectivity index (χ0) is 14.0. The van der Waals surface area contributed by atoms with Crippen LogP contribution in [0, 0.1) is 0 Å². The standard InChI is InChI=1S/C10H13N3O5S/c1-17-4-18-12-2-5-3-19-9-6(11)8(14)13(9)7(5)10(15)16/h2,6,9H,3-4,11H2,1H3,(H,15,16)/b12-2+/t6-,9-/m1/s1. The van der Waals surface area contributed by atoms with Gasteiger partial charge in [-0.25, -0.2) is 4.79 Å². The molecule has 0 aromatic rings. The van der Waals surface area contributed by atoms with Gasteiger partial charge >= 0.3 is 5.97 Å². The third kappa shape index (κ3) is 2.44. The van der Waals surface area contributed by atoms with Crippen LogP contribution in [0.5, 0.6) is 0 Å². The summed E-state index contributed by atoms with van der Waals surface area (Å²) in [5.74, 6) is -1.17. The minimum atomic E-state index is -1.18. The van der Waals surface area contributed by atoms with E-state index in [1.54, 1.807) is 0 Å². The highest BCUT2D eigenvalue weighted by molar-refractivity contribution is 8.00. The number of hydrogen-bond donors (Lipinski definition) is 2. The quantitative estimate of drug-likeness (QED) is 0.223. The summed E-state index contributed by atoms with van der Waals surface area (Å²) in [6.45, 7) is -0.0323. The lowest BCUT2D eigenvalue weighted by atomic mass is 10.0. The largest absolute Gasteiger partial charge is 0.477 e. The number of aliphatic carboxylic acids is 1. The Hall–Kier alpha value is -1.58. The van der Waals surface area contributed by atoms with Crippen LogP contribution in [-0.4, -0.2) is 59.2 Å². The number of nitrogens with zero attached hydrogens (tertiary/aromatic N) is 2. The van der Waals surface area contributed by atoms with Crippen molar-refractivity contribution in [3.63, 3.8) is 0 Å². The average Bonchev–Trinajstić information content (AvgIpc) is 2.41. The van der Waals surface area contributed by atoms with E-state index in [0.29, 0.717) is 11.3 Å². The third-order valence-electron chi connectivity index (χ3n) is 2.70. The van der Waals surface area contributed by atoms with Gasteiger partial charge in [-0.15, -0.1) is 11.8 Å². The van der Waals surface area contributed by atoms with Crippen molar-refractivity contribution in [2.45, 2.75) is 11.4 Å². The molecule has 2 rings (SSSR count). The SMILES string of the molecule is COCO/N=C/C1=C(C(=O)O)N2C(=O)[C@@H](N)[C@H]2SC1. The van der Waals surface area contributed by atoms with Crippen LogP contribution in [-0.2, 0) is 19.2 Å².